The third-order valence-corrected chi connectivity index (χ3v) is 9.30. The summed E-state index contributed by atoms with van der Waals surface area (Å²) in [6.45, 7) is 0.535. The number of alkyl halides is 3. The number of anilines is 2. The first-order valence-electron chi connectivity index (χ1n) is 13.7. The minimum Gasteiger partial charge on any atom is -0.495 e. The molecule has 0 aliphatic heterocycles. The van der Waals surface area contributed by atoms with Crippen LogP contribution in [0.2, 0.25) is 0 Å². The second kappa shape index (κ2) is 12.7. The SMILES string of the molecule is CCS(=O)(=O)c1ccc(NCC#Cc2cc3c(N[C@H]4CC[C@H](N(C)C)CC4)cccc3n2CC(F)(F)F)c(OC)c1. The van der Waals surface area contributed by atoms with Gasteiger partial charge in [-0.3, -0.25) is 0 Å². The number of halogens is 3. The van der Waals surface area contributed by atoms with Crippen LogP contribution in [0.5, 0.6) is 5.75 Å². The Labute approximate surface area is 240 Å². The van der Waals surface area contributed by atoms with Crippen molar-refractivity contribution < 1.29 is 26.3 Å². The number of ether oxygens (including phenoxy) is 1. The number of nitrogens with zero attached hydrogens (tertiary/aromatic N) is 2. The van der Waals surface area contributed by atoms with Crippen molar-refractivity contribution >= 4 is 32.1 Å². The molecule has 2 aromatic carbocycles. The first-order chi connectivity index (χ1) is 19.4. The summed E-state index contributed by atoms with van der Waals surface area (Å²) in [5.41, 5.74) is 2.08. The molecule has 0 amide bonds. The Hall–Kier alpha value is -3.36. The van der Waals surface area contributed by atoms with E-state index in [1.54, 1.807) is 31.2 Å². The molecule has 1 fully saturated rings. The minimum atomic E-state index is -4.41. The molecule has 2 N–H and O–H groups in total. The van der Waals surface area contributed by atoms with E-state index in [1.807, 2.05) is 6.07 Å². The van der Waals surface area contributed by atoms with Crippen molar-refractivity contribution in [2.45, 2.75) is 62.3 Å². The summed E-state index contributed by atoms with van der Waals surface area (Å²) in [6, 6.07) is 12.4. The van der Waals surface area contributed by atoms with E-state index in [0.29, 0.717) is 28.4 Å². The van der Waals surface area contributed by atoms with Gasteiger partial charge in [-0.2, -0.15) is 13.2 Å². The topological polar surface area (TPSA) is 75.6 Å². The predicted molar refractivity (Wildman–Crippen MR) is 157 cm³/mol. The van der Waals surface area contributed by atoms with E-state index in [4.69, 9.17) is 4.74 Å². The maximum absolute atomic E-state index is 13.6. The van der Waals surface area contributed by atoms with Gasteiger partial charge in [0, 0.05) is 29.2 Å². The highest BCUT2D eigenvalue weighted by molar-refractivity contribution is 7.91. The zero-order valence-electron chi connectivity index (χ0n) is 23.8. The average molecular weight is 591 g/mol. The fourth-order valence-electron chi connectivity index (χ4n) is 5.27. The van der Waals surface area contributed by atoms with E-state index in [0.717, 1.165) is 31.4 Å². The molecule has 0 atom stereocenters. The zero-order chi connectivity index (χ0) is 29.8. The smallest absolute Gasteiger partial charge is 0.406 e. The number of fused-ring (bicyclic) bond motifs is 1. The number of methoxy groups -OCH3 is 1. The molecule has 11 heteroatoms. The number of rotatable bonds is 9. The molecule has 222 valence electrons. The van der Waals surface area contributed by atoms with Crippen LogP contribution in [-0.2, 0) is 16.4 Å². The molecular formula is C30H37F3N4O3S. The maximum Gasteiger partial charge on any atom is 0.406 e. The number of hydrogen-bond donors (Lipinski definition) is 2. The highest BCUT2D eigenvalue weighted by atomic mass is 32.2. The highest BCUT2D eigenvalue weighted by Crippen LogP contribution is 2.33. The number of nitrogens with one attached hydrogen (secondary N) is 2. The summed E-state index contributed by atoms with van der Waals surface area (Å²) >= 11 is 0. The van der Waals surface area contributed by atoms with Crippen molar-refractivity contribution in [3.05, 3.63) is 48.2 Å². The minimum absolute atomic E-state index is 0.0326. The van der Waals surface area contributed by atoms with Gasteiger partial charge in [0.25, 0.3) is 0 Å². The molecule has 1 aliphatic carbocycles. The monoisotopic (exact) mass is 590 g/mol. The highest BCUT2D eigenvalue weighted by Gasteiger charge is 2.30. The Morgan fingerprint density at radius 1 is 1.07 bits per heavy atom. The zero-order valence-corrected chi connectivity index (χ0v) is 24.6. The summed E-state index contributed by atoms with van der Waals surface area (Å²) in [4.78, 5) is 2.40. The normalized spacial score (nSPS) is 17.8. The Kier molecular flexibility index (Phi) is 9.44. The Bertz CT molecular complexity index is 1530. The van der Waals surface area contributed by atoms with Gasteiger partial charge in [0.15, 0.2) is 9.84 Å². The summed E-state index contributed by atoms with van der Waals surface area (Å²) in [5, 5.41) is 7.35. The quantitative estimate of drug-likeness (QED) is 0.309. The predicted octanol–water partition coefficient (Wildman–Crippen LogP) is 5.75. The van der Waals surface area contributed by atoms with E-state index in [9.17, 15) is 21.6 Å². The van der Waals surface area contributed by atoms with Gasteiger partial charge in [-0.05, 0) is 76.0 Å². The van der Waals surface area contributed by atoms with E-state index in [2.05, 4.69) is 41.5 Å². The van der Waals surface area contributed by atoms with Crippen LogP contribution in [0.15, 0.2) is 47.4 Å². The van der Waals surface area contributed by atoms with Gasteiger partial charge in [0.05, 0.1) is 41.2 Å². The molecule has 1 saturated carbocycles. The standard InChI is InChI=1S/C30H37F3N4O3S/c1-5-41(38,39)24-15-16-27(29(19-24)40-4)34-17-7-8-23-18-25-26(35-21-11-13-22(14-12-21)36(2)3)9-6-10-28(25)37(23)20-30(31,32)33/h6,9-10,15-16,18-19,21-22,34-35H,5,11-14,17,20H2,1-4H3/t21-,22-. The Morgan fingerprint density at radius 3 is 2.44 bits per heavy atom. The first-order valence-corrected chi connectivity index (χ1v) is 15.3. The van der Waals surface area contributed by atoms with Crippen LogP contribution in [0.1, 0.15) is 38.3 Å². The van der Waals surface area contributed by atoms with Crippen molar-refractivity contribution in [2.75, 3.05) is 44.1 Å². The fraction of sp³-hybridized carbons (Fsp3) is 0.467. The third kappa shape index (κ3) is 7.49. The lowest BCUT2D eigenvalue weighted by atomic mass is 9.90. The molecule has 1 heterocycles. The molecule has 41 heavy (non-hydrogen) atoms. The lowest BCUT2D eigenvalue weighted by Crippen LogP contribution is -2.36. The van der Waals surface area contributed by atoms with Crippen molar-refractivity contribution in [3.8, 4) is 17.6 Å². The van der Waals surface area contributed by atoms with Crippen LogP contribution in [0.3, 0.4) is 0 Å². The molecule has 4 rings (SSSR count). The lowest BCUT2D eigenvalue weighted by Gasteiger charge is -2.33. The molecule has 0 unspecified atom stereocenters. The van der Waals surface area contributed by atoms with Gasteiger partial charge in [0.1, 0.15) is 12.3 Å². The van der Waals surface area contributed by atoms with Crippen molar-refractivity contribution in [2.24, 2.45) is 0 Å². The summed E-state index contributed by atoms with van der Waals surface area (Å²) in [7, 11) is 2.22. The first kappa shape index (κ1) is 30.6. The second-order valence-electron chi connectivity index (χ2n) is 10.5. The molecule has 1 aliphatic rings. The van der Waals surface area contributed by atoms with Gasteiger partial charge in [-0.15, -0.1) is 0 Å². The molecular weight excluding hydrogens is 553 g/mol. The van der Waals surface area contributed by atoms with E-state index < -0.39 is 22.6 Å². The number of aromatic nitrogens is 1. The number of hydrogen-bond acceptors (Lipinski definition) is 6. The van der Waals surface area contributed by atoms with Crippen LogP contribution in [0.4, 0.5) is 24.5 Å². The van der Waals surface area contributed by atoms with Crippen LogP contribution < -0.4 is 15.4 Å². The van der Waals surface area contributed by atoms with Gasteiger partial charge < -0.3 is 24.8 Å². The second-order valence-corrected chi connectivity index (χ2v) is 12.8. The Morgan fingerprint density at radius 2 is 1.80 bits per heavy atom. The summed E-state index contributed by atoms with van der Waals surface area (Å²) in [6.07, 6.45) is -0.281. The van der Waals surface area contributed by atoms with E-state index in [-0.39, 0.29) is 28.9 Å². The fourth-order valence-corrected chi connectivity index (χ4v) is 6.17. The number of sulfone groups is 1. The third-order valence-electron chi connectivity index (χ3n) is 7.57. The van der Waals surface area contributed by atoms with Crippen LogP contribution in [0.25, 0.3) is 10.9 Å². The molecule has 1 aromatic heterocycles. The maximum atomic E-state index is 13.6. The molecule has 0 bridgehead atoms. The number of benzene rings is 2. The van der Waals surface area contributed by atoms with Gasteiger partial charge in [0.2, 0.25) is 0 Å². The summed E-state index contributed by atoms with van der Waals surface area (Å²) in [5.74, 6) is 6.12. The van der Waals surface area contributed by atoms with E-state index >= 15 is 0 Å². The largest absolute Gasteiger partial charge is 0.495 e. The van der Waals surface area contributed by atoms with E-state index in [1.165, 1.54) is 23.8 Å². The molecule has 3 aromatic rings. The van der Waals surface area contributed by atoms with Crippen LogP contribution in [0, 0.1) is 11.8 Å². The van der Waals surface area contributed by atoms with Crippen molar-refractivity contribution in [1.29, 1.82) is 0 Å². The molecule has 7 nitrogen and oxygen atoms in total. The van der Waals surface area contributed by atoms with Gasteiger partial charge in [-0.25, -0.2) is 8.42 Å². The van der Waals surface area contributed by atoms with Gasteiger partial charge in [-0.1, -0.05) is 18.9 Å². The lowest BCUT2D eigenvalue weighted by molar-refractivity contribution is -0.140. The molecule has 0 spiro atoms. The van der Waals surface area contributed by atoms with Gasteiger partial charge >= 0.3 is 6.18 Å². The van der Waals surface area contributed by atoms with Crippen molar-refractivity contribution in [3.63, 3.8) is 0 Å². The van der Waals surface area contributed by atoms with Crippen molar-refractivity contribution in [1.82, 2.24) is 9.47 Å². The Balaban J connectivity index is 1.56. The average Bonchev–Trinajstić information content (AvgIpc) is 3.27. The molecule has 0 saturated heterocycles. The molecule has 0 radical (unpaired) electrons. The summed E-state index contributed by atoms with van der Waals surface area (Å²) < 4.78 is 71.7. The van der Waals surface area contributed by atoms with Crippen LogP contribution in [-0.4, -0.2) is 69.6 Å². The van der Waals surface area contributed by atoms with Crippen LogP contribution >= 0.6 is 0 Å².